The molecule has 4 heteroatoms. The van der Waals surface area contributed by atoms with Gasteiger partial charge in [-0.25, -0.2) is 9.97 Å². The van der Waals surface area contributed by atoms with Gasteiger partial charge in [-0.15, -0.1) is 0 Å². The van der Waals surface area contributed by atoms with Crippen LogP contribution in [0, 0.1) is 0 Å². The molecule has 0 atom stereocenters. The van der Waals surface area contributed by atoms with Crippen molar-refractivity contribution in [3.05, 3.63) is 28.6 Å². The molecule has 0 unspecified atom stereocenters. The average molecular weight is 282 g/mol. The molecule has 0 bridgehead atoms. The molecule has 1 aromatic rings. The molecule has 0 saturated carbocycles. The standard InChI is InChI=1S/C12H16BrN3/c1-8(2)12-15-10(13)7-11(16-12)14-9-5-3-4-6-9/h3-4,7-9H,5-6H2,1-2H3,(H,14,15,16). The van der Waals surface area contributed by atoms with Crippen molar-refractivity contribution in [2.75, 3.05) is 5.32 Å². The molecular formula is C12H16BrN3. The Labute approximate surface area is 105 Å². The summed E-state index contributed by atoms with van der Waals surface area (Å²) in [6.45, 7) is 4.20. The zero-order chi connectivity index (χ0) is 11.5. The second kappa shape index (κ2) is 4.95. The Morgan fingerprint density at radius 3 is 2.62 bits per heavy atom. The Hall–Kier alpha value is -0.900. The molecule has 0 spiro atoms. The van der Waals surface area contributed by atoms with E-state index < -0.39 is 0 Å². The van der Waals surface area contributed by atoms with Crippen LogP contribution in [0.25, 0.3) is 0 Å². The van der Waals surface area contributed by atoms with E-state index in [4.69, 9.17) is 0 Å². The molecule has 1 aliphatic carbocycles. The highest BCUT2D eigenvalue weighted by molar-refractivity contribution is 9.10. The summed E-state index contributed by atoms with van der Waals surface area (Å²) in [5, 5.41) is 3.43. The van der Waals surface area contributed by atoms with E-state index in [0.717, 1.165) is 29.1 Å². The van der Waals surface area contributed by atoms with Crippen molar-refractivity contribution in [3.63, 3.8) is 0 Å². The Kier molecular flexibility index (Phi) is 3.59. The molecule has 0 saturated heterocycles. The van der Waals surface area contributed by atoms with Gasteiger partial charge in [0.15, 0.2) is 0 Å². The summed E-state index contributed by atoms with van der Waals surface area (Å²) in [7, 11) is 0. The van der Waals surface area contributed by atoms with Crippen LogP contribution in [0.1, 0.15) is 38.4 Å². The molecule has 0 fully saturated rings. The maximum atomic E-state index is 4.52. The lowest BCUT2D eigenvalue weighted by atomic mass is 10.2. The lowest BCUT2D eigenvalue weighted by Crippen LogP contribution is -2.17. The molecule has 16 heavy (non-hydrogen) atoms. The maximum Gasteiger partial charge on any atom is 0.134 e. The molecule has 3 nitrogen and oxygen atoms in total. The smallest absolute Gasteiger partial charge is 0.134 e. The van der Waals surface area contributed by atoms with Crippen LogP contribution in [0.3, 0.4) is 0 Å². The number of halogens is 1. The van der Waals surface area contributed by atoms with Gasteiger partial charge in [0.25, 0.3) is 0 Å². The molecule has 0 aliphatic heterocycles. The average Bonchev–Trinajstić information content (AvgIpc) is 2.69. The van der Waals surface area contributed by atoms with E-state index in [9.17, 15) is 0 Å². The quantitative estimate of drug-likeness (QED) is 0.681. The number of hydrogen-bond acceptors (Lipinski definition) is 3. The van der Waals surface area contributed by atoms with Gasteiger partial charge in [-0.05, 0) is 28.8 Å². The predicted molar refractivity (Wildman–Crippen MR) is 69.6 cm³/mol. The minimum atomic E-state index is 0.347. The lowest BCUT2D eigenvalue weighted by Gasteiger charge is -2.14. The number of nitrogens with one attached hydrogen (secondary N) is 1. The molecule has 0 aromatic carbocycles. The van der Waals surface area contributed by atoms with Crippen LogP contribution < -0.4 is 5.32 Å². The molecule has 1 aliphatic rings. The number of anilines is 1. The van der Waals surface area contributed by atoms with E-state index in [2.05, 4.69) is 57.2 Å². The normalized spacial score (nSPS) is 16.0. The van der Waals surface area contributed by atoms with Gasteiger partial charge in [0.05, 0.1) is 0 Å². The van der Waals surface area contributed by atoms with E-state index in [-0.39, 0.29) is 0 Å². The van der Waals surface area contributed by atoms with Crippen molar-refractivity contribution in [2.24, 2.45) is 0 Å². The van der Waals surface area contributed by atoms with Crippen molar-refractivity contribution in [1.82, 2.24) is 9.97 Å². The molecular weight excluding hydrogens is 266 g/mol. The first-order chi connectivity index (χ1) is 7.65. The number of rotatable bonds is 3. The van der Waals surface area contributed by atoms with Gasteiger partial charge in [0, 0.05) is 18.0 Å². The van der Waals surface area contributed by atoms with Gasteiger partial charge in [-0.1, -0.05) is 26.0 Å². The topological polar surface area (TPSA) is 37.8 Å². The van der Waals surface area contributed by atoms with Crippen LogP contribution in [-0.2, 0) is 0 Å². The summed E-state index contributed by atoms with van der Waals surface area (Å²) in [6.07, 6.45) is 6.58. The third-order valence-electron chi connectivity index (χ3n) is 2.59. The van der Waals surface area contributed by atoms with Gasteiger partial charge >= 0.3 is 0 Å². The minimum Gasteiger partial charge on any atom is -0.367 e. The van der Waals surface area contributed by atoms with E-state index in [1.165, 1.54) is 0 Å². The fourth-order valence-corrected chi connectivity index (χ4v) is 2.11. The van der Waals surface area contributed by atoms with E-state index in [1.807, 2.05) is 6.07 Å². The summed E-state index contributed by atoms with van der Waals surface area (Å²) >= 11 is 3.42. The van der Waals surface area contributed by atoms with Crippen molar-refractivity contribution < 1.29 is 0 Å². The largest absolute Gasteiger partial charge is 0.367 e. The van der Waals surface area contributed by atoms with E-state index in [0.29, 0.717) is 12.0 Å². The zero-order valence-corrected chi connectivity index (χ0v) is 11.2. The molecule has 0 radical (unpaired) electrons. The molecule has 1 N–H and O–H groups in total. The van der Waals surface area contributed by atoms with Gasteiger partial charge < -0.3 is 5.32 Å². The van der Waals surface area contributed by atoms with Crippen LogP contribution in [0.4, 0.5) is 5.82 Å². The van der Waals surface area contributed by atoms with Crippen molar-refractivity contribution in [2.45, 2.75) is 38.6 Å². The van der Waals surface area contributed by atoms with Crippen LogP contribution in [0.15, 0.2) is 22.8 Å². The van der Waals surface area contributed by atoms with Crippen LogP contribution in [-0.4, -0.2) is 16.0 Å². The highest BCUT2D eigenvalue weighted by Gasteiger charge is 2.12. The Balaban J connectivity index is 2.13. The summed E-state index contributed by atoms with van der Waals surface area (Å²) in [5.41, 5.74) is 0. The molecule has 86 valence electrons. The van der Waals surface area contributed by atoms with Gasteiger partial charge in [0.1, 0.15) is 16.2 Å². The fourth-order valence-electron chi connectivity index (χ4n) is 1.71. The SMILES string of the molecule is CC(C)c1nc(Br)cc(NC2CC=CC2)n1. The van der Waals surface area contributed by atoms with Gasteiger partial charge in [-0.3, -0.25) is 0 Å². The van der Waals surface area contributed by atoms with Crippen molar-refractivity contribution in [1.29, 1.82) is 0 Å². The molecule has 0 amide bonds. The van der Waals surface area contributed by atoms with Crippen LogP contribution in [0.2, 0.25) is 0 Å². The zero-order valence-electron chi connectivity index (χ0n) is 9.57. The van der Waals surface area contributed by atoms with Gasteiger partial charge in [-0.2, -0.15) is 0 Å². The second-order valence-corrected chi connectivity index (χ2v) is 5.19. The molecule has 1 heterocycles. The Bertz CT molecular complexity index is 393. The summed E-state index contributed by atoms with van der Waals surface area (Å²) in [6, 6.07) is 2.42. The summed E-state index contributed by atoms with van der Waals surface area (Å²) < 4.78 is 0.847. The molecule has 1 aromatic heterocycles. The third-order valence-corrected chi connectivity index (χ3v) is 2.99. The Morgan fingerprint density at radius 2 is 2.00 bits per heavy atom. The van der Waals surface area contributed by atoms with Crippen LogP contribution >= 0.6 is 15.9 Å². The summed E-state index contributed by atoms with van der Waals surface area (Å²) in [4.78, 5) is 8.87. The summed E-state index contributed by atoms with van der Waals surface area (Å²) in [5.74, 6) is 2.14. The lowest BCUT2D eigenvalue weighted by molar-refractivity contribution is 0.748. The number of nitrogens with zero attached hydrogens (tertiary/aromatic N) is 2. The predicted octanol–water partition coefficient (Wildman–Crippen LogP) is 3.49. The molecule has 2 rings (SSSR count). The highest BCUT2D eigenvalue weighted by Crippen LogP contribution is 2.20. The van der Waals surface area contributed by atoms with E-state index >= 15 is 0 Å². The van der Waals surface area contributed by atoms with Crippen LogP contribution in [0.5, 0.6) is 0 Å². The maximum absolute atomic E-state index is 4.52. The second-order valence-electron chi connectivity index (χ2n) is 4.37. The number of hydrogen-bond donors (Lipinski definition) is 1. The monoisotopic (exact) mass is 281 g/mol. The first-order valence-electron chi connectivity index (χ1n) is 5.61. The fraction of sp³-hybridized carbons (Fsp3) is 0.500. The van der Waals surface area contributed by atoms with Gasteiger partial charge in [0.2, 0.25) is 0 Å². The minimum absolute atomic E-state index is 0.347. The first-order valence-corrected chi connectivity index (χ1v) is 6.40. The first kappa shape index (κ1) is 11.6. The number of aromatic nitrogens is 2. The Morgan fingerprint density at radius 1 is 1.31 bits per heavy atom. The van der Waals surface area contributed by atoms with Crippen molar-refractivity contribution in [3.8, 4) is 0 Å². The van der Waals surface area contributed by atoms with E-state index in [1.54, 1.807) is 0 Å². The highest BCUT2D eigenvalue weighted by atomic mass is 79.9. The third kappa shape index (κ3) is 2.82. The van der Waals surface area contributed by atoms with Crippen molar-refractivity contribution >= 4 is 21.7 Å².